The SMILES string of the molecule is CCNC(=NCCCc1nnc2ccccn12)NCCc1cc(C)cc(C)c1.I. The number of aromatic nitrogens is 3. The van der Waals surface area contributed by atoms with Crippen LogP contribution in [0.25, 0.3) is 5.65 Å². The summed E-state index contributed by atoms with van der Waals surface area (Å²) in [5.41, 5.74) is 4.88. The van der Waals surface area contributed by atoms with E-state index in [0.717, 1.165) is 56.3 Å². The predicted molar refractivity (Wildman–Crippen MR) is 130 cm³/mol. The van der Waals surface area contributed by atoms with Crippen LogP contribution < -0.4 is 10.6 Å². The van der Waals surface area contributed by atoms with Crippen molar-refractivity contribution in [2.75, 3.05) is 19.6 Å². The molecular formula is C22H31IN6. The lowest BCUT2D eigenvalue weighted by molar-refractivity contribution is 0.750. The molecule has 0 atom stereocenters. The van der Waals surface area contributed by atoms with Gasteiger partial charge in [-0.25, -0.2) is 0 Å². The molecule has 0 aliphatic heterocycles. The Bertz CT molecular complexity index is 914. The van der Waals surface area contributed by atoms with Crippen LogP contribution in [0.15, 0.2) is 47.6 Å². The van der Waals surface area contributed by atoms with Crippen LogP contribution in [0.5, 0.6) is 0 Å². The summed E-state index contributed by atoms with van der Waals surface area (Å²) in [4.78, 5) is 4.70. The van der Waals surface area contributed by atoms with Crippen LogP contribution in [0.4, 0.5) is 0 Å². The van der Waals surface area contributed by atoms with Crippen molar-refractivity contribution in [2.24, 2.45) is 4.99 Å². The second kappa shape index (κ2) is 11.7. The maximum absolute atomic E-state index is 4.70. The van der Waals surface area contributed by atoms with Crippen molar-refractivity contribution < 1.29 is 0 Å². The zero-order valence-corrected chi connectivity index (χ0v) is 19.8. The minimum absolute atomic E-state index is 0. The molecule has 2 heterocycles. The molecule has 3 rings (SSSR count). The number of aryl methyl sites for hydroxylation is 3. The van der Waals surface area contributed by atoms with Gasteiger partial charge in [0.1, 0.15) is 5.82 Å². The molecule has 3 aromatic rings. The molecule has 0 fully saturated rings. The zero-order valence-electron chi connectivity index (χ0n) is 17.5. The summed E-state index contributed by atoms with van der Waals surface area (Å²) >= 11 is 0. The zero-order chi connectivity index (χ0) is 19.8. The number of nitrogens with one attached hydrogen (secondary N) is 2. The molecule has 0 aliphatic rings. The lowest BCUT2D eigenvalue weighted by Crippen LogP contribution is -2.38. The first-order valence-electron chi connectivity index (χ1n) is 10.0. The maximum Gasteiger partial charge on any atom is 0.191 e. The fourth-order valence-electron chi connectivity index (χ4n) is 3.37. The summed E-state index contributed by atoms with van der Waals surface area (Å²) in [5.74, 6) is 1.86. The normalized spacial score (nSPS) is 11.3. The predicted octanol–water partition coefficient (Wildman–Crippen LogP) is 3.69. The lowest BCUT2D eigenvalue weighted by Gasteiger charge is -2.12. The minimum Gasteiger partial charge on any atom is -0.357 e. The van der Waals surface area contributed by atoms with E-state index < -0.39 is 0 Å². The van der Waals surface area contributed by atoms with Crippen LogP contribution in [0.2, 0.25) is 0 Å². The van der Waals surface area contributed by atoms with E-state index in [1.807, 2.05) is 28.8 Å². The molecule has 156 valence electrons. The number of fused-ring (bicyclic) bond motifs is 1. The van der Waals surface area contributed by atoms with Crippen LogP contribution in [0, 0.1) is 13.8 Å². The third-order valence-electron chi connectivity index (χ3n) is 4.54. The van der Waals surface area contributed by atoms with Crippen LogP contribution in [0.1, 0.15) is 35.9 Å². The number of guanidine groups is 1. The average Bonchev–Trinajstić information content (AvgIpc) is 3.07. The fraction of sp³-hybridized carbons (Fsp3) is 0.409. The van der Waals surface area contributed by atoms with Gasteiger partial charge in [-0.1, -0.05) is 35.4 Å². The van der Waals surface area contributed by atoms with Crippen molar-refractivity contribution >= 4 is 35.6 Å². The van der Waals surface area contributed by atoms with Gasteiger partial charge in [-0.3, -0.25) is 9.39 Å². The molecular weight excluding hydrogens is 475 g/mol. The van der Waals surface area contributed by atoms with Crippen LogP contribution in [-0.4, -0.2) is 40.2 Å². The van der Waals surface area contributed by atoms with E-state index in [2.05, 4.69) is 59.8 Å². The van der Waals surface area contributed by atoms with E-state index in [1.54, 1.807) is 0 Å². The van der Waals surface area contributed by atoms with Crippen molar-refractivity contribution in [1.82, 2.24) is 25.2 Å². The molecule has 1 aromatic carbocycles. The molecule has 2 N–H and O–H groups in total. The largest absolute Gasteiger partial charge is 0.357 e. The van der Waals surface area contributed by atoms with Gasteiger partial charge in [0.2, 0.25) is 0 Å². The summed E-state index contributed by atoms with van der Waals surface area (Å²) in [6.07, 6.45) is 4.78. The standard InChI is InChI=1S/C22H30N6.HI/c1-4-23-22(25-12-10-19-15-17(2)14-18(3)16-19)24-11-7-9-21-27-26-20-8-5-6-13-28(20)21;/h5-6,8,13-16H,4,7,9-12H2,1-3H3,(H2,23,24,25);1H. The Balaban J connectivity index is 0.00000300. The van der Waals surface area contributed by atoms with Gasteiger partial charge in [0, 0.05) is 32.3 Å². The van der Waals surface area contributed by atoms with Crippen molar-refractivity contribution in [1.29, 1.82) is 0 Å². The molecule has 0 amide bonds. The van der Waals surface area contributed by atoms with Gasteiger partial charge in [0.25, 0.3) is 0 Å². The van der Waals surface area contributed by atoms with E-state index in [1.165, 1.54) is 16.7 Å². The first-order chi connectivity index (χ1) is 13.7. The van der Waals surface area contributed by atoms with Crippen LogP contribution in [-0.2, 0) is 12.8 Å². The van der Waals surface area contributed by atoms with E-state index >= 15 is 0 Å². The van der Waals surface area contributed by atoms with Crippen molar-refractivity contribution in [2.45, 2.75) is 40.0 Å². The van der Waals surface area contributed by atoms with E-state index in [9.17, 15) is 0 Å². The molecule has 7 heteroatoms. The summed E-state index contributed by atoms with van der Waals surface area (Å²) in [5, 5.41) is 15.2. The molecule has 2 aromatic heterocycles. The average molecular weight is 506 g/mol. The number of hydrogen-bond acceptors (Lipinski definition) is 3. The van der Waals surface area contributed by atoms with Crippen molar-refractivity contribution in [3.63, 3.8) is 0 Å². The molecule has 0 unspecified atom stereocenters. The number of pyridine rings is 1. The first kappa shape index (κ1) is 23.1. The van der Waals surface area contributed by atoms with Gasteiger partial charge in [-0.15, -0.1) is 34.2 Å². The van der Waals surface area contributed by atoms with Crippen molar-refractivity contribution in [3.8, 4) is 0 Å². The molecule has 0 bridgehead atoms. The highest BCUT2D eigenvalue weighted by molar-refractivity contribution is 14.0. The van der Waals surface area contributed by atoms with Gasteiger partial charge >= 0.3 is 0 Å². The van der Waals surface area contributed by atoms with Crippen LogP contribution in [0.3, 0.4) is 0 Å². The van der Waals surface area contributed by atoms with Gasteiger partial charge in [0.15, 0.2) is 11.6 Å². The van der Waals surface area contributed by atoms with Gasteiger partial charge in [0.05, 0.1) is 0 Å². The highest BCUT2D eigenvalue weighted by Gasteiger charge is 2.04. The minimum atomic E-state index is 0. The quantitative estimate of drug-likeness (QED) is 0.212. The molecule has 0 spiro atoms. The van der Waals surface area contributed by atoms with Crippen molar-refractivity contribution in [3.05, 3.63) is 65.1 Å². The molecule has 0 aliphatic carbocycles. The molecule has 0 radical (unpaired) electrons. The van der Waals surface area contributed by atoms with E-state index in [-0.39, 0.29) is 24.0 Å². The molecule has 0 saturated carbocycles. The number of nitrogens with zero attached hydrogens (tertiary/aromatic N) is 4. The Morgan fingerprint density at radius 2 is 1.83 bits per heavy atom. The van der Waals surface area contributed by atoms with E-state index in [4.69, 9.17) is 4.99 Å². The topological polar surface area (TPSA) is 66.6 Å². The number of hydrogen-bond donors (Lipinski definition) is 2. The highest BCUT2D eigenvalue weighted by Crippen LogP contribution is 2.09. The Labute approximate surface area is 190 Å². The van der Waals surface area contributed by atoms with Gasteiger partial charge in [-0.05, 0) is 51.3 Å². The smallest absolute Gasteiger partial charge is 0.191 e. The van der Waals surface area contributed by atoms with E-state index in [0.29, 0.717) is 0 Å². The number of aliphatic imine (C=N–C) groups is 1. The summed E-state index contributed by atoms with van der Waals surface area (Å²) in [6, 6.07) is 12.7. The number of benzene rings is 1. The van der Waals surface area contributed by atoms with Gasteiger partial charge in [-0.2, -0.15) is 0 Å². The second-order valence-electron chi connectivity index (χ2n) is 7.08. The third kappa shape index (κ3) is 6.99. The third-order valence-corrected chi connectivity index (χ3v) is 4.54. The monoisotopic (exact) mass is 506 g/mol. The lowest BCUT2D eigenvalue weighted by atomic mass is 10.1. The molecule has 29 heavy (non-hydrogen) atoms. The van der Waals surface area contributed by atoms with Crippen LogP contribution >= 0.6 is 24.0 Å². The first-order valence-corrected chi connectivity index (χ1v) is 10.0. The van der Waals surface area contributed by atoms with Gasteiger partial charge < -0.3 is 10.6 Å². The Hall–Kier alpha value is -2.16. The Morgan fingerprint density at radius 3 is 2.59 bits per heavy atom. The molecule has 0 saturated heterocycles. The number of halogens is 1. The Morgan fingerprint density at radius 1 is 1.03 bits per heavy atom. The number of rotatable bonds is 8. The highest BCUT2D eigenvalue weighted by atomic mass is 127. The summed E-state index contributed by atoms with van der Waals surface area (Å²) in [7, 11) is 0. The summed E-state index contributed by atoms with van der Waals surface area (Å²) in [6.45, 7) is 8.85. The second-order valence-corrected chi connectivity index (χ2v) is 7.08. The summed E-state index contributed by atoms with van der Waals surface area (Å²) < 4.78 is 2.04. The maximum atomic E-state index is 4.70. The molecule has 6 nitrogen and oxygen atoms in total. The Kier molecular flexibility index (Phi) is 9.37. The fourth-order valence-corrected chi connectivity index (χ4v) is 3.37.